The summed E-state index contributed by atoms with van der Waals surface area (Å²) in [5.41, 5.74) is 0. The maximum Gasteiger partial charge on any atom is 0.0565 e. The average Bonchev–Trinajstić information content (AvgIpc) is 2.71. The highest BCUT2D eigenvalue weighted by Crippen LogP contribution is 2.31. The zero-order valence-electron chi connectivity index (χ0n) is 21.4. The molecule has 0 aliphatic heterocycles. The van der Waals surface area contributed by atoms with Crippen LogP contribution in [0.15, 0.2) is 0 Å². The number of hydrogen-bond donors (Lipinski definition) is 1. The first-order valence-corrected chi connectivity index (χ1v) is 13.6. The first-order chi connectivity index (χ1) is 14.0. The van der Waals surface area contributed by atoms with E-state index in [0.29, 0.717) is 5.92 Å². The van der Waals surface area contributed by atoms with Crippen LogP contribution in [0.4, 0.5) is 0 Å². The minimum Gasteiger partial charge on any atom is -0.393 e. The van der Waals surface area contributed by atoms with Crippen molar-refractivity contribution < 1.29 is 5.11 Å². The van der Waals surface area contributed by atoms with Crippen LogP contribution in [-0.2, 0) is 0 Å². The highest BCUT2D eigenvalue weighted by Gasteiger charge is 2.19. The molecule has 0 saturated carbocycles. The molecule has 0 heterocycles. The van der Waals surface area contributed by atoms with Gasteiger partial charge >= 0.3 is 0 Å². The molecule has 0 radical (unpaired) electrons. The monoisotopic (exact) mass is 410 g/mol. The summed E-state index contributed by atoms with van der Waals surface area (Å²) in [7, 11) is 0. The van der Waals surface area contributed by atoms with Gasteiger partial charge in [-0.2, -0.15) is 0 Å². The Bertz CT molecular complexity index is 326. The smallest absolute Gasteiger partial charge is 0.0565 e. The lowest BCUT2D eigenvalue weighted by Crippen LogP contribution is -2.17. The van der Waals surface area contributed by atoms with Crippen molar-refractivity contribution in [3.05, 3.63) is 0 Å². The molecule has 0 aromatic carbocycles. The van der Waals surface area contributed by atoms with Gasteiger partial charge in [-0.25, -0.2) is 0 Å². The van der Waals surface area contributed by atoms with Gasteiger partial charge in [0.25, 0.3) is 0 Å². The number of hydrogen-bond acceptors (Lipinski definition) is 1. The van der Waals surface area contributed by atoms with E-state index in [2.05, 4.69) is 41.5 Å². The second-order valence-corrected chi connectivity index (χ2v) is 10.4. The Morgan fingerprint density at radius 1 is 0.552 bits per heavy atom. The lowest BCUT2D eigenvalue weighted by Gasteiger charge is -2.27. The molecule has 0 aromatic rings. The summed E-state index contributed by atoms with van der Waals surface area (Å²) in [6.45, 7) is 14.0. The molecule has 0 fully saturated rings. The molecule has 0 bridgehead atoms. The van der Waals surface area contributed by atoms with E-state index in [9.17, 15) is 5.11 Å². The summed E-state index contributed by atoms with van der Waals surface area (Å²) < 4.78 is 0. The second kappa shape index (κ2) is 19.9. The third-order valence-corrected chi connectivity index (χ3v) is 7.43. The quantitative estimate of drug-likeness (QED) is 0.187. The van der Waals surface area contributed by atoms with Crippen molar-refractivity contribution in [2.75, 3.05) is 0 Å². The van der Waals surface area contributed by atoms with Crippen molar-refractivity contribution >= 4 is 0 Å². The van der Waals surface area contributed by atoms with Crippen molar-refractivity contribution in [2.45, 2.75) is 157 Å². The minimum atomic E-state index is -0.0863. The second-order valence-electron chi connectivity index (χ2n) is 10.4. The lowest BCUT2D eigenvalue weighted by molar-refractivity contribution is 0.102. The Labute approximate surface area is 185 Å². The molecule has 0 aliphatic carbocycles. The van der Waals surface area contributed by atoms with Crippen LogP contribution >= 0.6 is 0 Å². The summed E-state index contributed by atoms with van der Waals surface area (Å²) >= 11 is 0. The summed E-state index contributed by atoms with van der Waals surface area (Å²) in [6.07, 6.45) is 22.9. The topological polar surface area (TPSA) is 20.2 Å². The van der Waals surface area contributed by atoms with Gasteiger partial charge in [0.15, 0.2) is 0 Å². The molecule has 0 aliphatic rings. The van der Waals surface area contributed by atoms with Crippen LogP contribution in [0.1, 0.15) is 151 Å². The van der Waals surface area contributed by atoms with E-state index in [4.69, 9.17) is 0 Å². The Balaban J connectivity index is 4.08. The predicted octanol–water partition coefficient (Wildman–Crippen LogP) is 9.56. The van der Waals surface area contributed by atoms with E-state index in [0.717, 1.165) is 30.6 Å². The summed E-state index contributed by atoms with van der Waals surface area (Å²) in [5.74, 6) is 3.14. The van der Waals surface area contributed by atoms with Crippen LogP contribution in [0.3, 0.4) is 0 Å². The van der Waals surface area contributed by atoms with Crippen LogP contribution in [0, 0.1) is 23.7 Å². The van der Waals surface area contributed by atoms with Gasteiger partial charge in [0.1, 0.15) is 0 Å². The summed E-state index contributed by atoms with van der Waals surface area (Å²) in [4.78, 5) is 0. The Hall–Kier alpha value is -0.0400. The van der Waals surface area contributed by atoms with E-state index in [1.807, 2.05) is 0 Å². The molecular formula is C28H58O. The minimum absolute atomic E-state index is 0.0863. The highest BCUT2D eigenvalue weighted by atomic mass is 16.3. The van der Waals surface area contributed by atoms with Crippen molar-refractivity contribution in [1.29, 1.82) is 0 Å². The molecule has 0 saturated heterocycles. The number of rotatable bonds is 21. The zero-order chi connectivity index (χ0) is 21.9. The van der Waals surface area contributed by atoms with Gasteiger partial charge in [-0.15, -0.1) is 0 Å². The molecule has 0 spiro atoms. The fraction of sp³-hybridized carbons (Fsp3) is 1.00. The molecule has 0 aromatic heterocycles. The average molecular weight is 411 g/mol. The maximum absolute atomic E-state index is 10.2. The van der Waals surface area contributed by atoms with Crippen LogP contribution < -0.4 is 0 Å². The largest absolute Gasteiger partial charge is 0.393 e. The van der Waals surface area contributed by atoms with Gasteiger partial charge in [-0.05, 0) is 36.5 Å². The number of aliphatic hydroxyl groups excluding tert-OH is 1. The molecular weight excluding hydrogens is 352 g/mol. The van der Waals surface area contributed by atoms with Gasteiger partial charge in [0.05, 0.1) is 6.10 Å². The normalized spacial score (nSPS) is 17.1. The molecule has 0 amide bonds. The first-order valence-electron chi connectivity index (χ1n) is 13.6. The number of unbranched alkanes of at least 4 members (excludes halogenated alkanes) is 8. The third kappa shape index (κ3) is 16.3. The van der Waals surface area contributed by atoms with Gasteiger partial charge in [0.2, 0.25) is 0 Å². The van der Waals surface area contributed by atoms with E-state index in [1.54, 1.807) is 0 Å². The lowest BCUT2D eigenvalue weighted by atomic mass is 9.79. The predicted molar refractivity (Wildman–Crippen MR) is 132 cm³/mol. The first kappa shape index (κ1) is 29.0. The van der Waals surface area contributed by atoms with Crippen LogP contribution in [0.2, 0.25) is 0 Å². The Kier molecular flexibility index (Phi) is 19.9. The van der Waals surface area contributed by atoms with Crippen molar-refractivity contribution in [3.63, 3.8) is 0 Å². The van der Waals surface area contributed by atoms with E-state index in [1.165, 1.54) is 96.3 Å². The number of aliphatic hydroxyl groups is 1. The van der Waals surface area contributed by atoms with Crippen LogP contribution in [0.5, 0.6) is 0 Å². The van der Waals surface area contributed by atoms with Crippen LogP contribution in [-0.4, -0.2) is 11.2 Å². The molecule has 5 atom stereocenters. The standard InChI is InChI=1S/C28H58O/c1-7-10-11-12-13-14-16-20-24(4)23-27(26(6)19-8-2)21-17-15-18-22-28(29)25(5)9-3/h24-29H,7-23H2,1-6H3. The van der Waals surface area contributed by atoms with Crippen molar-refractivity contribution in [3.8, 4) is 0 Å². The molecule has 1 nitrogen and oxygen atoms in total. The molecule has 29 heavy (non-hydrogen) atoms. The molecule has 5 unspecified atom stereocenters. The Morgan fingerprint density at radius 3 is 1.72 bits per heavy atom. The summed E-state index contributed by atoms with van der Waals surface area (Å²) in [5, 5.41) is 10.2. The van der Waals surface area contributed by atoms with Gasteiger partial charge in [-0.3, -0.25) is 0 Å². The van der Waals surface area contributed by atoms with Gasteiger partial charge in [-0.1, -0.05) is 138 Å². The fourth-order valence-electron chi connectivity index (χ4n) is 4.90. The van der Waals surface area contributed by atoms with E-state index >= 15 is 0 Å². The van der Waals surface area contributed by atoms with Gasteiger partial charge in [0, 0.05) is 0 Å². The van der Waals surface area contributed by atoms with E-state index in [-0.39, 0.29) is 6.10 Å². The summed E-state index contributed by atoms with van der Waals surface area (Å²) in [6, 6.07) is 0. The Morgan fingerprint density at radius 2 is 1.10 bits per heavy atom. The zero-order valence-corrected chi connectivity index (χ0v) is 21.4. The molecule has 1 heteroatoms. The molecule has 176 valence electrons. The fourth-order valence-corrected chi connectivity index (χ4v) is 4.90. The van der Waals surface area contributed by atoms with Gasteiger partial charge < -0.3 is 5.11 Å². The SMILES string of the molecule is CCCCCCCCCC(C)CC(CCCCCC(O)C(C)CC)C(C)CCC. The third-order valence-electron chi connectivity index (χ3n) is 7.43. The highest BCUT2D eigenvalue weighted by molar-refractivity contribution is 4.71. The van der Waals surface area contributed by atoms with E-state index < -0.39 is 0 Å². The molecule has 0 rings (SSSR count). The molecule has 1 N–H and O–H groups in total. The van der Waals surface area contributed by atoms with Crippen molar-refractivity contribution in [1.82, 2.24) is 0 Å². The van der Waals surface area contributed by atoms with Crippen LogP contribution in [0.25, 0.3) is 0 Å². The maximum atomic E-state index is 10.2. The van der Waals surface area contributed by atoms with Crippen molar-refractivity contribution in [2.24, 2.45) is 23.7 Å².